The molecule has 0 saturated carbocycles. The molecule has 0 aromatic carbocycles. The van der Waals surface area contributed by atoms with Gasteiger partial charge in [-0.15, -0.1) is 12.4 Å². The SMILES string of the molecule is CCC(=O)[C@@](CC(=O)[O-])(C[N+](C)(C)C)OC(=O)[C@@H](N)CC(C)C.Cl. The van der Waals surface area contributed by atoms with E-state index in [0.717, 1.165) is 0 Å². The molecule has 2 atom stereocenters. The minimum atomic E-state index is -1.75. The van der Waals surface area contributed by atoms with Crippen LogP contribution in [0.2, 0.25) is 0 Å². The molecular formula is C16H31ClN2O5. The van der Waals surface area contributed by atoms with E-state index >= 15 is 0 Å². The van der Waals surface area contributed by atoms with Crippen molar-refractivity contribution >= 4 is 30.1 Å². The first kappa shape index (κ1) is 25.1. The number of hydrogen-bond donors (Lipinski definition) is 1. The maximum absolute atomic E-state index is 12.4. The number of hydrogen-bond acceptors (Lipinski definition) is 6. The minimum Gasteiger partial charge on any atom is -0.550 e. The second kappa shape index (κ2) is 9.96. The summed E-state index contributed by atoms with van der Waals surface area (Å²) in [6.07, 6.45) is -0.222. The van der Waals surface area contributed by atoms with Gasteiger partial charge in [-0.1, -0.05) is 20.8 Å². The van der Waals surface area contributed by atoms with E-state index in [0.29, 0.717) is 6.42 Å². The quantitative estimate of drug-likeness (QED) is 0.426. The van der Waals surface area contributed by atoms with Gasteiger partial charge in [0, 0.05) is 18.8 Å². The van der Waals surface area contributed by atoms with Crippen LogP contribution in [0.4, 0.5) is 0 Å². The molecule has 0 aromatic heterocycles. The number of carbonyl (C=O) groups is 3. The molecule has 142 valence electrons. The van der Waals surface area contributed by atoms with Gasteiger partial charge < -0.3 is 24.9 Å². The summed E-state index contributed by atoms with van der Waals surface area (Å²) in [5, 5.41) is 11.2. The molecule has 0 aliphatic rings. The first-order valence-electron chi connectivity index (χ1n) is 7.85. The highest BCUT2D eigenvalue weighted by Gasteiger charge is 2.46. The van der Waals surface area contributed by atoms with Gasteiger partial charge in [-0.3, -0.25) is 9.59 Å². The first-order chi connectivity index (χ1) is 10.3. The number of carbonyl (C=O) groups excluding carboxylic acids is 3. The fourth-order valence-electron chi connectivity index (χ4n) is 2.56. The summed E-state index contributed by atoms with van der Waals surface area (Å²) in [5.74, 6) is -2.46. The van der Waals surface area contributed by atoms with Gasteiger partial charge in [-0.2, -0.15) is 0 Å². The second-order valence-electron chi connectivity index (χ2n) is 7.43. The molecule has 8 heteroatoms. The van der Waals surface area contributed by atoms with Crippen LogP contribution in [0.3, 0.4) is 0 Å². The van der Waals surface area contributed by atoms with Crippen molar-refractivity contribution in [3.8, 4) is 0 Å². The third kappa shape index (κ3) is 8.61. The number of nitrogens with two attached hydrogens (primary N) is 1. The number of rotatable bonds is 10. The van der Waals surface area contributed by atoms with Crippen molar-refractivity contribution in [2.24, 2.45) is 11.7 Å². The molecule has 0 fully saturated rings. The number of ether oxygens (including phenoxy) is 1. The second-order valence-corrected chi connectivity index (χ2v) is 7.43. The van der Waals surface area contributed by atoms with Gasteiger partial charge in [0.25, 0.3) is 0 Å². The number of nitrogens with zero attached hydrogens (tertiary/aromatic N) is 1. The van der Waals surface area contributed by atoms with E-state index in [-0.39, 0.29) is 35.8 Å². The van der Waals surface area contributed by atoms with Gasteiger partial charge in [0.2, 0.25) is 5.60 Å². The van der Waals surface area contributed by atoms with E-state index in [1.807, 2.05) is 13.8 Å². The third-order valence-corrected chi connectivity index (χ3v) is 3.31. The summed E-state index contributed by atoms with van der Waals surface area (Å²) in [6.45, 7) is 5.45. The average Bonchev–Trinajstić information content (AvgIpc) is 2.33. The molecule has 0 aliphatic heterocycles. The molecule has 0 saturated heterocycles. The standard InChI is InChI=1S/C16H30N2O5.ClH/c1-7-13(19)16(9-14(20)21,10-18(4,5)6)23-15(22)12(17)8-11(2)3;/h11-12H,7-10,17H2,1-6H3;1H/t12-,16+;/m0./s1. The molecule has 7 nitrogen and oxygen atoms in total. The Morgan fingerprint density at radius 3 is 2.04 bits per heavy atom. The normalized spacial score (nSPS) is 15.2. The Morgan fingerprint density at radius 2 is 1.71 bits per heavy atom. The van der Waals surface area contributed by atoms with Crippen LogP contribution in [0.15, 0.2) is 0 Å². The number of halogens is 1. The number of aliphatic carboxylic acids is 1. The number of carboxylic acid groups (broad SMARTS) is 1. The highest BCUT2D eigenvalue weighted by atomic mass is 35.5. The number of esters is 1. The molecule has 0 aromatic rings. The van der Waals surface area contributed by atoms with Crippen molar-refractivity contribution in [1.29, 1.82) is 0 Å². The van der Waals surface area contributed by atoms with Crippen LogP contribution in [0.25, 0.3) is 0 Å². The molecule has 0 spiro atoms. The summed E-state index contributed by atoms with van der Waals surface area (Å²) >= 11 is 0. The lowest BCUT2D eigenvalue weighted by Crippen LogP contribution is -2.59. The maximum atomic E-state index is 12.4. The van der Waals surface area contributed by atoms with E-state index < -0.39 is 35.8 Å². The van der Waals surface area contributed by atoms with Crippen molar-refractivity contribution in [1.82, 2.24) is 0 Å². The number of ketones is 1. The Balaban J connectivity index is 0. The minimum absolute atomic E-state index is 0. The number of carboxylic acids is 1. The third-order valence-electron chi connectivity index (χ3n) is 3.31. The average molecular weight is 367 g/mol. The van der Waals surface area contributed by atoms with E-state index in [1.54, 1.807) is 28.1 Å². The van der Waals surface area contributed by atoms with Crippen molar-refractivity contribution in [3.05, 3.63) is 0 Å². The van der Waals surface area contributed by atoms with Gasteiger partial charge in [0.15, 0.2) is 5.78 Å². The zero-order valence-electron chi connectivity index (χ0n) is 15.5. The summed E-state index contributed by atoms with van der Waals surface area (Å²) in [5.41, 5.74) is 4.06. The van der Waals surface area contributed by atoms with Crippen molar-refractivity contribution in [2.45, 2.75) is 51.7 Å². The Labute approximate surface area is 150 Å². The zero-order chi connectivity index (χ0) is 18.4. The molecule has 0 bridgehead atoms. The molecule has 0 aliphatic carbocycles. The first-order valence-corrected chi connectivity index (χ1v) is 7.85. The summed E-state index contributed by atoms with van der Waals surface area (Å²) < 4.78 is 5.65. The van der Waals surface area contributed by atoms with Gasteiger partial charge in [-0.05, 0) is 12.3 Å². The maximum Gasteiger partial charge on any atom is 0.324 e. The highest BCUT2D eigenvalue weighted by molar-refractivity contribution is 5.93. The summed E-state index contributed by atoms with van der Waals surface area (Å²) in [6, 6.07) is -0.895. The fraction of sp³-hybridized carbons (Fsp3) is 0.812. The number of Topliss-reactive ketones (excluding diaryl/α,β-unsaturated/α-hetero) is 1. The largest absolute Gasteiger partial charge is 0.550 e. The Hall–Kier alpha value is -1.18. The lowest BCUT2D eigenvalue weighted by atomic mass is 9.90. The molecule has 0 unspecified atom stereocenters. The van der Waals surface area contributed by atoms with Crippen LogP contribution in [0, 0.1) is 5.92 Å². The summed E-state index contributed by atoms with van der Waals surface area (Å²) in [4.78, 5) is 35.8. The molecule has 0 heterocycles. The van der Waals surface area contributed by atoms with Crippen LogP contribution in [0.1, 0.15) is 40.0 Å². The van der Waals surface area contributed by atoms with Crippen LogP contribution < -0.4 is 10.8 Å². The topological polar surface area (TPSA) is 110 Å². The van der Waals surface area contributed by atoms with E-state index in [4.69, 9.17) is 10.5 Å². The Morgan fingerprint density at radius 1 is 1.21 bits per heavy atom. The molecular weight excluding hydrogens is 336 g/mol. The fourth-order valence-corrected chi connectivity index (χ4v) is 2.56. The van der Waals surface area contributed by atoms with Crippen molar-refractivity contribution in [2.75, 3.05) is 27.7 Å². The summed E-state index contributed by atoms with van der Waals surface area (Å²) in [7, 11) is 5.36. The van der Waals surface area contributed by atoms with Crippen LogP contribution in [0.5, 0.6) is 0 Å². The predicted octanol–water partition coefficient (Wildman–Crippen LogP) is -0.111. The Bertz CT molecular complexity index is 448. The van der Waals surface area contributed by atoms with E-state index in [9.17, 15) is 19.5 Å². The monoisotopic (exact) mass is 366 g/mol. The number of likely N-dealkylation sites (N-methyl/N-ethyl adjacent to an activating group) is 1. The molecule has 0 rings (SSSR count). The van der Waals surface area contributed by atoms with E-state index in [2.05, 4.69) is 0 Å². The molecule has 0 amide bonds. The lowest BCUT2D eigenvalue weighted by Gasteiger charge is -2.38. The van der Waals surface area contributed by atoms with Crippen LogP contribution in [-0.4, -0.2) is 61.5 Å². The number of quaternary nitrogens is 1. The molecule has 24 heavy (non-hydrogen) atoms. The van der Waals surface area contributed by atoms with Gasteiger partial charge in [-0.25, -0.2) is 0 Å². The van der Waals surface area contributed by atoms with E-state index in [1.165, 1.54) is 0 Å². The van der Waals surface area contributed by atoms with Crippen LogP contribution in [-0.2, 0) is 19.1 Å². The van der Waals surface area contributed by atoms with Crippen molar-refractivity contribution < 1.29 is 28.7 Å². The molecule has 0 radical (unpaired) electrons. The van der Waals surface area contributed by atoms with Gasteiger partial charge >= 0.3 is 5.97 Å². The van der Waals surface area contributed by atoms with Gasteiger partial charge in [0.1, 0.15) is 12.6 Å². The molecule has 2 N–H and O–H groups in total. The van der Waals surface area contributed by atoms with Crippen molar-refractivity contribution in [3.63, 3.8) is 0 Å². The zero-order valence-corrected chi connectivity index (χ0v) is 16.3. The Kier molecular flexibility index (Phi) is 10.4. The van der Waals surface area contributed by atoms with Crippen LogP contribution >= 0.6 is 12.4 Å². The smallest absolute Gasteiger partial charge is 0.324 e. The lowest BCUT2D eigenvalue weighted by molar-refractivity contribution is -0.875. The van der Waals surface area contributed by atoms with Gasteiger partial charge in [0.05, 0.1) is 21.1 Å². The highest BCUT2D eigenvalue weighted by Crippen LogP contribution is 2.24. The predicted molar refractivity (Wildman–Crippen MR) is 91.3 cm³/mol.